The molecule has 1 aromatic heterocycles. The van der Waals surface area contributed by atoms with Crippen LogP contribution in [0, 0.1) is 0 Å². The summed E-state index contributed by atoms with van der Waals surface area (Å²) in [5, 5.41) is 11.5. The first kappa shape index (κ1) is 13.8. The van der Waals surface area contributed by atoms with Crippen LogP contribution in [0.25, 0.3) is 0 Å². The molecular weight excluding hydrogens is 270 g/mol. The molecule has 104 valence electrons. The van der Waals surface area contributed by atoms with Gasteiger partial charge in [-0.25, -0.2) is 0 Å². The number of thioether (sulfide) groups is 1. The number of carbonyl (C=O) groups is 2. The Morgan fingerprint density at radius 2 is 2.32 bits per heavy atom. The van der Waals surface area contributed by atoms with Crippen molar-refractivity contribution in [2.45, 2.75) is 6.92 Å². The van der Waals surface area contributed by atoms with Crippen molar-refractivity contribution in [2.24, 2.45) is 0 Å². The van der Waals surface area contributed by atoms with E-state index < -0.39 is 0 Å². The lowest BCUT2D eigenvalue weighted by Gasteiger charge is -2.19. The maximum absolute atomic E-state index is 11.5. The second-order valence-electron chi connectivity index (χ2n) is 4.02. The van der Waals surface area contributed by atoms with Gasteiger partial charge in [0.25, 0.3) is 6.20 Å². The van der Waals surface area contributed by atoms with Gasteiger partial charge in [0.1, 0.15) is 0 Å². The molecule has 1 amide bonds. The highest BCUT2D eigenvalue weighted by Crippen LogP contribution is 2.05. The van der Waals surface area contributed by atoms with Crippen molar-refractivity contribution in [1.82, 2.24) is 10.6 Å². The minimum atomic E-state index is -0.288. The van der Waals surface area contributed by atoms with E-state index in [0.29, 0.717) is 0 Å². The zero-order chi connectivity index (χ0) is 13.7. The molecule has 9 heteroatoms. The number of hydrogen-bond donors (Lipinski definition) is 2. The Labute approximate surface area is 114 Å². The van der Waals surface area contributed by atoms with Crippen molar-refractivity contribution in [3.63, 3.8) is 0 Å². The molecule has 0 aromatic carbocycles. The van der Waals surface area contributed by atoms with E-state index in [0.717, 1.165) is 37.9 Å². The second kappa shape index (κ2) is 6.53. The lowest BCUT2D eigenvalue weighted by Crippen LogP contribution is -2.64. The minimum absolute atomic E-state index is 0.0731. The molecule has 1 aromatic rings. The summed E-state index contributed by atoms with van der Waals surface area (Å²) >= 11 is 0.955. The van der Waals surface area contributed by atoms with E-state index in [4.69, 9.17) is 4.52 Å². The molecule has 2 N–H and O–H groups in total. The molecule has 0 saturated carbocycles. The molecule has 0 aliphatic carbocycles. The van der Waals surface area contributed by atoms with Gasteiger partial charge in [-0.2, -0.15) is 5.01 Å². The van der Waals surface area contributed by atoms with Crippen molar-refractivity contribution < 1.29 is 18.9 Å². The van der Waals surface area contributed by atoms with Crippen LogP contribution in [-0.2, 0) is 9.59 Å². The van der Waals surface area contributed by atoms with Crippen molar-refractivity contribution in [3.8, 4) is 0 Å². The minimum Gasteiger partial charge on any atom is -0.313 e. The van der Waals surface area contributed by atoms with E-state index in [2.05, 4.69) is 15.9 Å². The van der Waals surface area contributed by atoms with E-state index in [9.17, 15) is 9.59 Å². The summed E-state index contributed by atoms with van der Waals surface area (Å²) in [6, 6.07) is 0. The first-order valence-corrected chi connectivity index (χ1v) is 6.91. The Balaban J connectivity index is 1.86. The van der Waals surface area contributed by atoms with E-state index >= 15 is 0 Å². The van der Waals surface area contributed by atoms with E-state index in [1.165, 1.54) is 6.92 Å². The Bertz CT molecular complexity index is 458. The quantitative estimate of drug-likeness (QED) is 0.666. The maximum atomic E-state index is 11.5. The average molecular weight is 286 g/mol. The van der Waals surface area contributed by atoms with Crippen molar-refractivity contribution in [1.29, 1.82) is 0 Å². The van der Waals surface area contributed by atoms with Gasteiger partial charge in [0, 0.05) is 20.0 Å². The second-order valence-corrected chi connectivity index (χ2v) is 5.17. The van der Waals surface area contributed by atoms with Gasteiger partial charge < -0.3 is 5.32 Å². The van der Waals surface area contributed by atoms with Gasteiger partial charge in [0.15, 0.2) is 5.12 Å². The van der Waals surface area contributed by atoms with Crippen molar-refractivity contribution >= 4 is 28.7 Å². The topological polar surface area (TPSA) is 91.4 Å². The molecule has 0 spiro atoms. The SMILES string of the molecule is CC(=O)SCC(=O)Nc1c[n+](N2CCNCC2)no1. The van der Waals surface area contributed by atoms with Crippen LogP contribution in [0.4, 0.5) is 5.88 Å². The molecule has 2 heterocycles. The largest absolute Gasteiger partial charge is 0.313 e. The number of carbonyl (C=O) groups excluding carboxylic acids is 2. The van der Waals surface area contributed by atoms with E-state index in [1.54, 1.807) is 11.0 Å². The molecule has 2 rings (SSSR count). The van der Waals surface area contributed by atoms with E-state index in [-0.39, 0.29) is 22.7 Å². The number of amides is 1. The summed E-state index contributed by atoms with van der Waals surface area (Å²) in [4.78, 5) is 23.8. The molecule has 19 heavy (non-hydrogen) atoms. The smallest absolute Gasteiger partial charge is 0.305 e. The molecule has 1 aliphatic heterocycles. The number of aromatic nitrogens is 2. The Hall–Kier alpha value is -1.61. The first-order valence-electron chi connectivity index (χ1n) is 5.93. The summed E-state index contributed by atoms with van der Waals surface area (Å²) in [5.74, 6) is 0.0559. The normalized spacial score (nSPS) is 15.3. The van der Waals surface area contributed by atoms with Gasteiger partial charge in [-0.3, -0.25) is 19.4 Å². The van der Waals surface area contributed by atoms with Gasteiger partial charge in [-0.1, -0.05) is 11.8 Å². The lowest BCUT2D eigenvalue weighted by atomic mass is 10.4. The van der Waals surface area contributed by atoms with Crippen LogP contribution in [0.15, 0.2) is 10.7 Å². The highest BCUT2D eigenvalue weighted by atomic mass is 32.2. The van der Waals surface area contributed by atoms with Gasteiger partial charge in [0.05, 0.1) is 23.6 Å². The molecule has 8 nitrogen and oxygen atoms in total. The van der Waals surface area contributed by atoms with Crippen LogP contribution in [0.1, 0.15) is 6.92 Å². The summed E-state index contributed by atoms with van der Waals surface area (Å²) in [6.45, 7) is 4.84. The summed E-state index contributed by atoms with van der Waals surface area (Å²) in [7, 11) is 0. The number of hydrogen-bond acceptors (Lipinski definition) is 7. The molecule has 0 unspecified atom stereocenters. The van der Waals surface area contributed by atoms with Gasteiger partial charge in [0.2, 0.25) is 11.2 Å². The standard InChI is InChI=1S/C10H15N5O3S/c1-8(16)19-7-9(17)12-10-6-15(13-18-10)14-4-2-11-3-5-14/h6,11H,2-5,7H2,1H3/p+1. The van der Waals surface area contributed by atoms with E-state index in [1.807, 2.05) is 5.01 Å². The number of rotatable bonds is 4. The van der Waals surface area contributed by atoms with Crippen LogP contribution in [0.3, 0.4) is 0 Å². The first-order chi connectivity index (χ1) is 9.15. The predicted molar refractivity (Wildman–Crippen MR) is 69.3 cm³/mol. The number of nitrogens with zero attached hydrogens (tertiary/aromatic N) is 3. The Morgan fingerprint density at radius 1 is 1.58 bits per heavy atom. The summed E-state index contributed by atoms with van der Waals surface area (Å²) in [5.41, 5.74) is 0. The highest BCUT2D eigenvalue weighted by molar-refractivity contribution is 8.14. The van der Waals surface area contributed by atoms with Gasteiger partial charge in [-0.15, -0.1) is 0 Å². The van der Waals surface area contributed by atoms with Crippen molar-refractivity contribution in [2.75, 3.05) is 42.3 Å². The molecular formula is C10H16N5O3S+. The zero-order valence-corrected chi connectivity index (χ0v) is 11.4. The fourth-order valence-electron chi connectivity index (χ4n) is 1.62. The molecule has 1 aliphatic rings. The fraction of sp³-hybridized carbons (Fsp3) is 0.600. The lowest BCUT2D eigenvalue weighted by molar-refractivity contribution is -0.758. The third kappa shape index (κ3) is 4.21. The summed E-state index contributed by atoms with van der Waals surface area (Å²) in [6.07, 6.45) is 1.61. The molecule has 1 fully saturated rings. The molecule has 0 bridgehead atoms. The fourth-order valence-corrected chi connectivity index (χ4v) is 2.03. The van der Waals surface area contributed by atoms with Crippen LogP contribution in [0.2, 0.25) is 0 Å². The van der Waals surface area contributed by atoms with Crippen LogP contribution in [-0.4, -0.2) is 48.2 Å². The third-order valence-electron chi connectivity index (χ3n) is 2.51. The summed E-state index contributed by atoms with van der Waals surface area (Å²) < 4.78 is 5.02. The highest BCUT2D eigenvalue weighted by Gasteiger charge is 2.23. The van der Waals surface area contributed by atoms with Crippen molar-refractivity contribution in [3.05, 3.63) is 6.20 Å². The van der Waals surface area contributed by atoms with Crippen LogP contribution < -0.4 is 20.4 Å². The average Bonchev–Trinajstić information content (AvgIpc) is 2.86. The molecule has 0 radical (unpaired) electrons. The van der Waals surface area contributed by atoms with Crippen LogP contribution >= 0.6 is 11.8 Å². The monoisotopic (exact) mass is 286 g/mol. The Morgan fingerprint density at radius 3 is 3.00 bits per heavy atom. The number of nitrogens with one attached hydrogen (secondary N) is 2. The van der Waals surface area contributed by atoms with Gasteiger partial charge in [-0.05, 0) is 0 Å². The maximum Gasteiger partial charge on any atom is 0.305 e. The number of piperazine rings is 1. The third-order valence-corrected chi connectivity index (χ3v) is 3.32. The van der Waals surface area contributed by atoms with Gasteiger partial charge >= 0.3 is 5.88 Å². The predicted octanol–water partition coefficient (Wildman–Crippen LogP) is -1.28. The molecule has 0 atom stereocenters. The van der Waals surface area contributed by atoms with Crippen LogP contribution in [0.5, 0.6) is 0 Å². The number of anilines is 1. The zero-order valence-electron chi connectivity index (χ0n) is 10.6. The molecule has 1 saturated heterocycles. The Kier molecular flexibility index (Phi) is 4.74.